The summed E-state index contributed by atoms with van der Waals surface area (Å²) >= 11 is 0. The standard InChI is InChI=1S/C15H26N2/c1-13-9-6-7-10-14(13)17(5)12-8-11-16-15(2,3)4/h6-7,9-10,16H,8,11-12H2,1-5H3. The summed E-state index contributed by atoms with van der Waals surface area (Å²) in [6.07, 6.45) is 1.17. The maximum absolute atomic E-state index is 3.52. The minimum atomic E-state index is 0.223. The summed E-state index contributed by atoms with van der Waals surface area (Å²) in [5, 5.41) is 3.52. The number of benzene rings is 1. The zero-order chi connectivity index (χ0) is 12.9. The van der Waals surface area contributed by atoms with Crippen molar-refractivity contribution >= 4 is 5.69 Å². The highest BCUT2D eigenvalue weighted by molar-refractivity contribution is 5.52. The van der Waals surface area contributed by atoms with Gasteiger partial charge >= 0.3 is 0 Å². The summed E-state index contributed by atoms with van der Waals surface area (Å²) in [7, 11) is 2.17. The molecule has 0 bridgehead atoms. The Kier molecular flexibility index (Phi) is 5.01. The predicted octanol–water partition coefficient (Wildman–Crippen LogP) is 3.21. The average Bonchev–Trinajstić information content (AvgIpc) is 2.23. The minimum Gasteiger partial charge on any atom is -0.374 e. The molecule has 1 N–H and O–H groups in total. The molecule has 96 valence electrons. The highest BCUT2D eigenvalue weighted by Crippen LogP contribution is 2.17. The van der Waals surface area contributed by atoms with Gasteiger partial charge in [-0.15, -0.1) is 0 Å². The molecule has 0 aromatic heterocycles. The molecule has 1 aromatic carbocycles. The van der Waals surface area contributed by atoms with E-state index in [0.717, 1.165) is 13.1 Å². The Morgan fingerprint density at radius 2 is 1.82 bits per heavy atom. The second kappa shape index (κ2) is 6.06. The van der Waals surface area contributed by atoms with E-state index in [-0.39, 0.29) is 5.54 Å². The van der Waals surface area contributed by atoms with Crippen LogP contribution in [-0.2, 0) is 0 Å². The summed E-state index contributed by atoms with van der Waals surface area (Å²) in [5.74, 6) is 0. The molecule has 0 aliphatic rings. The highest BCUT2D eigenvalue weighted by atomic mass is 15.1. The van der Waals surface area contributed by atoms with Gasteiger partial charge in [-0.1, -0.05) is 18.2 Å². The van der Waals surface area contributed by atoms with Gasteiger partial charge in [0.2, 0.25) is 0 Å². The molecule has 0 atom stereocenters. The van der Waals surface area contributed by atoms with Gasteiger partial charge in [0.05, 0.1) is 0 Å². The summed E-state index contributed by atoms with van der Waals surface area (Å²) in [6, 6.07) is 8.55. The zero-order valence-electron chi connectivity index (χ0n) is 11.9. The summed E-state index contributed by atoms with van der Waals surface area (Å²) < 4.78 is 0. The second-order valence-electron chi connectivity index (χ2n) is 5.74. The van der Waals surface area contributed by atoms with E-state index < -0.39 is 0 Å². The van der Waals surface area contributed by atoms with Crippen LogP contribution in [0.3, 0.4) is 0 Å². The molecule has 0 saturated carbocycles. The fraction of sp³-hybridized carbons (Fsp3) is 0.600. The number of nitrogens with one attached hydrogen (secondary N) is 1. The first-order valence-electron chi connectivity index (χ1n) is 6.42. The van der Waals surface area contributed by atoms with Crippen molar-refractivity contribution in [1.29, 1.82) is 0 Å². The Balaban J connectivity index is 2.36. The van der Waals surface area contributed by atoms with Crippen molar-refractivity contribution in [2.45, 2.75) is 39.7 Å². The molecule has 1 rings (SSSR count). The van der Waals surface area contributed by atoms with Gasteiger partial charge in [-0.25, -0.2) is 0 Å². The normalized spacial score (nSPS) is 11.6. The fourth-order valence-electron chi connectivity index (χ4n) is 1.89. The lowest BCUT2D eigenvalue weighted by Crippen LogP contribution is -2.37. The van der Waals surface area contributed by atoms with Crippen molar-refractivity contribution in [2.75, 3.05) is 25.0 Å². The first-order valence-corrected chi connectivity index (χ1v) is 6.42. The smallest absolute Gasteiger partial charge is 0.0393 e. The monoisotopic (exact) mass is 234 g/mol. The molecule has 0 unspecified atom stereocenters. The Morgan fingerprint density at radius 3 is 2.41 bits per heavy atom. The SMILES string of the molecule is Cc1ccccc1N(C)CCCNC(C)(C)C. The molecule has 0 radical (unpaired) electrons. The van der Waals surface area contributed by atoms with E-state index in [1.165, 1.54) is 17.7 Å². The largest absolute Gasteiger partial charge is 0.374 e. The molecular weight excluding hydrogens is 208 g/mol. The number of para-hydroxylation sites is 1. The van der Waals surface area contributed by atoms with E-state index in [9.17, 15) is 0 Å². The quantitative estimate of drug-likeness (QED) is 0.787. The Morgan fingerprint density at radius 1 is 1.18 bits per heavy atom. The minimum absolute atomic E-state index is 0.223. The van der Waals surface area contributed by atoms with E-state index in [1.807, 2.05) is 0 Å². The number of rotatable bonds is 5. The number of hydrogen-bond acceptors (Lipinski definition) is 2. The molecule has 2 heteroatoms. The van der Waals surface area contributed by atoms with Crippen LogP contribution in [0.15, 0.2) is 24.3 Å². The molecule has 17 heavy (non-hydrogen) atoms. The molecule has 0 spiro atoms. The maximum atomic E-state index is 3.52. The van der Waals surface area contributed by atoms with Crippen LogP contribution in [-0.4, -0.2) is 25.7 Å². The Labute approximate surface area is 106 Å². The third-order valence-corrected chi connectivity index (χ3v) is 2.85. The molecule has 0 fully saturated rings. The zero-order valence-corrected chi connectivity index (χ0v) is 11.9. The van der Waals surface area contributed by atoms with Crippen LogP contribution >= 0.6 is 0 Å². The van der Waals surface area contributed by atoms with Crippen LogP contribution in [0.1, 0.15) is 32.8 Å². The molecule has 0 saturated heterocycles. The topological polar surface area (TPSA) is 15.3 Å². The van der Waals surface area contributed by atoms with Gasteiger partial charge in [0.15, 0.2) is 0 Å². The highest BCUT2D eigenvalue weighted by Gasteiger charge is 2.08. The summed E-state index contributed by atoms with van der Waals surface area (Å²) in [5.41, 5.74) is 2.91. The average molecular weight is 234 g/mol. The lowest BCUT2D eigenvalue weighted by molar-refractivity contribution is 0.423. The van der Waals surface area contributed by atoms with Gasteiger partial charge in [-0.2, -0.15) is 0 Å². The van der Waals surface area contributed by atoms with E-state index in [0.29, 0.717) is 0 Å². The number of aryl methyl sites for hydroxylation is 1. The summed E-state index contributed by atoms with van der Waals surface area (Å²) in [4.78, 5) is 2.33. The fourth-order valence-corrected chi connectivity index (χ4v) is 1.89. The molecule has 0 amide bonds. The van der Waals surface area contributed by atoms with Crippen LogP contribution in [0.4, 0.5) is 5.69 Å². The van der Waals surface area contributed by atoms with Gasteiger partial charge in [-0.05, 0) is 52.3 Å². The van der Waals surface area contributed by atoms with Gasteiger partial charge in [0.1, 0.15) is 0 Å². The van der Waals surface area contributed by atoms with Crippen LogP contribution in [0, 0.1) is 6.92 Å². The lowest BCUT2D eigenvalue weighted by atomic mass is 10.1. The van der Waals surface area contributed by atoms with Crippen molar-refractivity contribution in [3.63, 3.8) is 0 Å². The second-order valence-corrected chi connectivity index (χ2v) is 5.74. The molecule has 2 nitrogen and oxygen atoms in total. The molecule has 1 aromatic rings. The van der Waals surface area contributed by atoms with Crippen LogP contribution in [0.5, 0.6) is 0 Å². The van der Waals surface area contributed by atoms with Crippen LogP contribution < -0.4 is 10.2 Å². The van der Waals surface area contributed by atoms with Crippen molar-refractivity contribution < 1.29 is 0 Å². The van der Waals surface area contributed by atoms with Crippen molar-refractivity contribution in [2.24, 2.45) is 0 Å². The third kappa shape index (κ3) is 5.22. The van der Waals surface area contributed by atoms with E-state index in [1.54, 1.807) is 0 Å². The van der Waals surface area contributed by atoms with Gasteiger partial charge in [0, 0.05) is 24.8 Å². The van der Waals surface area contributed by atoms with E-state index in [4.69, 9.17) is 0 Å². The van der Waals surface area contributed by atoms with E-state index in [2.05, 4.69) is 69.2 Å². The Bertz CT molecular complexity index is 339. The molecule has 0 heterocycles. The number of nitrogens with zero attached hydrogens (tertiary/aromatic N) is 1. The van der Waals surface area contributed by atoms with Crippen molar-refractivity contribution in [1.82, 2.24) is 5.32 Å². The van der Waals surface area contributed by atoms with Crippen LogP contribution in [0.25, 0.3) is 0 Å². The van der Waals surface area contributed by atoms with Crippen molar-refractivity contribution in [3.8, 4) is 0 Å². The first-order chi connectivity index (χ1) is 7.90. The first kappa shape index (κ1) is 14.0. The lowest BCUT2D eigenvalue weighted by Gasteiger charge is -2.24. The van der Waals surface area contributed by atoms with Crippen molar-refractivity contribution in [3.05, 3.63) is 29.8 Å². The van der Waals surface area contributed by atoms with Gasteiger partial charge < -0.3 is 10.2 Å². The van der Waals surface area contributed by atoms with Crippen LogP contribution in [0.2, 0.25) is 0 Å². The predicted molar refractivity (Wildman–Crippen MR) is 76.8 cm³/mol. The molecule has 0 aliphatic heterocycles. The number of anilines is 1. The summed E-state index contributed by atoms with van der Waals surface area (Å²) in [6.45, 7) is 10.9. The van der Waals surface area contributed by atoms with Gasteiger partial charge in [-0.3, -0.25) is 0 Å². The number of hydrogen-bond donors (Lipinski definition) is 1. The van der Waals surface area contributed by atoms with E-state index >= 15 is 0 Å². The van der Waals surface area contributed by atoms with Gasteiger partial charge in [0.25, 0.3) is 0 Å². The Hall–Kier alpha value is -1.02. The molecular formula is C15H26N2. The maximum Gasteiger partial charge on any atom is 0.0393 e. The third-order valence-electron chi connectivity index (χ3n) is 2.85. The molecule has 0 aliphatic carbocycles.